The molecule has 2 N–H and O–H groups in total. The second-order valence-corrected chi connectivity index (χ2v) is 3.42. The molecule has 7 nitrogen and oxygen atoms in total. The maximum Gasteiger partial charge on any atom is 0.347 e. The Morgan fingerprint density at radius 2 is 2.41 bits per heavy atom. The van der Waals surface area contributed by atoms with Crippen LogP contribution in [0.1, 0.15) is 10.4 Å². The Hall–Kier alpha value is -2.15. The lowest BCUT2D eigenvalue weighted by atomic mass is 10.2. The summed E-state index contributed by atoms with van der Waals surface area (Å²) in [5.41, 5.74) is 0.507. The molecule has 1 amide bonds. The summed E-state index contributed by atoms with van der Waals surface area (Å²) in [5, 5.41) is 8.73. The Labute approximate surface area is 96.4 Å². The number of pyridine rings is 1. The number of methoxy groups -OCH3 is 1. The van der Waals surface area contributed by atoms with Gasteiger partial charge in [-0.05, 0) is 12.1 Å². The zero-order valence-corrected chi connectivity index (χ0v) is 9.27. The van der Waals surface area contributed by atoms with Crippen LogP contribution in [0.25, 0.3) is 5.65 Å². The Balaban J connectivity index is 2.20. The number of nitrogens with one attached hydrogen (secondary N) is 2. The van der Waals surface area contributed by atoms with Crippen molar-refractivity contribution >= 4 is 11.6 Å². The van der Waals surface area contributed by atoms with Gasteiger partial charge in [0.1, 0.15) is 0 Å². The van der Waals surface area contributed by atoms with Gasteiger partial charge in [-0.2, -0.15) is 5.10 Å². The third-order valence-corrected chi connectivity index (χ3v) is 2.27. The minimum absolute atomic E-state index is 0.253. The summed E-state index contributed by atoms with van der Waals surface area (Å²) in [4.78, 5) is 23.0. The van der Waals surface area contributed by atoms with Crippen molar-refractivity contribution in [1.29, 1.82) is 0 Å². The second-order valence-electron chi connectivity index (χ2n) is 3.42. The predicted octanol–water partition coefficient (Wildman–Crippen LogP) is -0.601. The highest BCUT2D eigenvalue weighted by Gasteiger charge is 2.07. The highest BCUT2D eigenvalue weighted by Crippen LogP contribution is 2.01. The first-order chi connectivity index (χ1) is 8.22. The minimum Gasteiger partial charge on any atom is -0.383 e. The molecule has 0 saturated carbocycles. The van der Waals surface area contributed by atoms with E-state index in [1.807, 2.05) is 0 Å². The summed E-state index contributed by atoms with van der Waals surface area (Å²) in [5.74, 6) is -0.253. The van der Waals surface area contributed by atoms with E-state index in [4.69, 9.17) is 4.74 Å². The fourth-order valence-corrected chi connectivity index (χ4v) is 1.41. The van der Waals surface area contributed by atoms with Crippen LogP contribution in [0.4, 0.5) is 0 Å². The number of rotatable bonds is 4. The molecule has 0 bridgehead atoms. The predicted molar refractivity (Wildman–Crippen MR) is 60.0 cm³/mol. The lowest BCUT2D eigenvalue weighted by Gasteiger charge is -2.04. The Morgan fingerprint density at radius 1 is 1.59 bits per heavy atom. The summed E-state index contributed by atoms with van der Waals surface area (Å²) >= 11 is 0. The molecule has 2 heterocycles. The number of fused-ring (bicyclic) bond motifs is 1. The Kier molecular flexibility index (Phi) is 3.20. The third-order valence-electron chi connectivity index (χ3n) is 2.27. The van der Waals surface area contributed by atoms with Crippen molar-refractivity contribution in [2.75, 3.05) is 20.3 Å². The van der Waals surface area contributed by atoms with Gasteiger partial charge in [0, 0.05) is 19.9 Å². The van der Waals surface area contributed by atoms with Gasteiger partial charge in [0.25, 0.3) is 5.91 Å². The average molecular weight is 236 g/mol. The van der Waals surface area contributed by atoms with Crippen LogP contribution in [0.2, 0.25) is 0 Å². The van der Waals surface area contributed by atoms with Gasteiger partial charge in [-0.3, -0.25) is 4.79 Å². The van der Waals surface area contributed by atoms with Crippen LogP contribution in [0.3, 0.4) is 0 Å². The molecule has 0 unspecified atom stereocenters. The molecule has 0 radical (unpaired) electrons. The number of nitrogens with zero attached hydrogens (tertiary/aromatic N) is 2. The molecule has 0 aliphatic rings. The molecule has 7 heteroatoms. The molecule has 0 aromatic carbocycles. The summed E-state index contributed by atoms with van der Waals surface area (Å²) < 4.78 is 6.10. The number of carbonyl (C=O) groups is 1. The molecule has 17 heavy (non-hydrogen) atoms. The van der Waals surface area contributed by atoms with Crippen molar-refractivity contribution in [3.63, 3.8) is 0 Å². The molecule has 2 rings (SSSR count). The van der Waals surface area contributed by atoms with E-state index in [0.29, 0.717) is 24.4 Å². The first kappa shape index (κ1) is 11.3. The lowest BCUT2D eigenvalue weighted by Crippen LogP contribution is -2.27. The normalized spacial score (nSPS) is 10.6. The van der Waals surface area contributed by atoms with E-state index in [9.17, 15) is 9.59 Å². The summed E-state index contributed by atoms with van der Waals surface area (Å²) in [6.45, 7) is 0.868. The largest absolute Gasteiger partial charge is 0.383 e. The van der Waals surface area contributed by atoms with E-state index >= 15 is 0 Å². The van der Waals surface area contributed by atoms with Crippen LogP contribution in [0, 0.1) is 0 Å². The highest BCUT2D eigenvalue weighted by molar-refractivity contribution is 5.94. The molecule has 2 aromatic rings. The molecule has 2 aromatic heterocycles. The maximum absolute atomic E-state index is 11.7. The van der Waals surface area contributed by atoms with Gasteiger partial charge in [0.05, 0.1) is 12.2 Å². The van der Waals surface area contributed by atoms with E-state index < -0.39 is 0 Å². The minimum atomic E-state index is -0.369. The first-order valence-electron chi connectivity index (χ1n) is 5.06. The number of carbonyl (C=O) groups excluding carboxylic acids is 1. The number of aromatic nitrogens is 3. The van der Waals surface area contributed by atoms with Crippen LogP contribution in [-0.4, -0.2) is 40.8 Å². The third kappa shape index (κ3) is 2.34. The maximum atomic E-state index is 11.7. The number of amides is 1. The van der Waals surface area contributed by atoms with Gasteiger partial charge in [-0.25, -0.2) is 14.3 Å². The van der Waals surface area contributed by atoms with E-state index in [2.05, 4.69) is 15.5 Å². The van der Waals surface area contributed by atoms with Crippen LogP contribution >= 0.6 is 0 Å². The SMILES string of the molecule is COCCNC(=O)c1ccc2n[nH]c(=O)n2c1. The summed E-state index contributed by atoms with van der Waals surface area (Å²) in [7, 11) is 1.56. The van der Waals surface area contributed by atoms with Crippen LogP contribution < -0.4 is 11.0 Å². The number of aromatic amines is 1. The van der Waals surface area contributed by atoms with Crippen molar-refractivity contribution in [1.82, 2.24) is 19.9 Å². The van der Waals surface area contributed by atoms with Crippen LogP contribution in [0.5, 0.6) is 0 Å². The van der Waals surface area contributed by atoms with E-state index in [0.717, 1.165) is 0 Å². The van der Waals surface area contributed by atoms with E-state index in [1.165, 1.54) is 10.6 Å². The number of H-pyrrole nitrogens is 1. The molecule has 0 atom stereocenters. The second kappa shape index (κ2) is 4.79. The van der Waals surface area contributed by atoms with Gasteiger partial charge < -0.3 is 10.1 Å². The first-order valence-corrected chi connectivity index (χ1v) is 5.06. The molecule has 90 valence electrons. The van der Waals surface area contributed by atoms with Crippen molar-refractivity contribution in [2.24, 2.45) is 0 Å². The molecule has 0 fully saturated rings. The highest BCUT2D eigenvalue weighted by atomic mass is 16.5. The fraction of sp³-hybridized carbons (Fsp3) is 0.300. The molecular weight excluding hydrogens is 224 g/mol. The number of ether oxygens (including phenoxy) is 1. The zero-order chi connectivity index (χ0) is 12.3. The summed E-state index contributed by atoms with van der Waals surface area (Å²) in [6.07, 6.45) is 1.45. The standard InChI is InChI=1S/C10H12N4O3/c1-17-5-4-11-9(15)7-2-3-8-12-13-10(16)14(8)6-7/h2-3,6H,4-5H2,1H3,(H,11,15)(H,13,16). The molecule has 0 spiro atoms. The zero-order valence-electron chi connectivity index (χ0n) is 9.27. The van der Waals surface area contributed by atoms with Crippen molar-refractivity contribution in [3.8, 4) is 0 Å². The molecule has 0 saturated heterocycles. The molecule has 0 aliphatic carbocycles. The Bertz CT molecular complexity index is 586. The summed E-state index contributed by atoms with van der Waals surface area (Å²) in [6, 6.07) is 3.21. The number of hydrogen-bond acceptors (Lipinski definition) is 4. The van der Waals surface area contributed by atoms with Gasteiger partial charge in [0.15, 0.2) is 5.65 Å². The quantitative estimate of drug-likeness (QED) is 0.694. The van der Waals surface area contributed by atoms with Crippen molar-refractivity contribution in [2.45, 2.75) is 0 Å². The van der Waals surface area contributed by atoms with Crippen molar-refractivity contribution in [3.05, 3.63) is 34.4 Å². The van der Waals surface area contributed by atoms with E-state index in [-0.39, 0.29) is 11.6 Å². The smallest absolute Gasteiger partial charge is 0.347 e. The number of hydrogen-bond donors (Lipinski definition) is 2. The molecular formula is C10H12N4O3. The topological polar surface area (TPSA) is 88.5 Å². The van der Waals surface area contributed by atoms with Gasteiger partial charge in [0.2, 0.25) is 0 Å². The monoisotopic (exact) mass is 236 g/mol. The van der Waals surface area contributed by atoms with Gasteiger partial charge >= 0.3 is 5.69 Å². The Morgan fingerprint density at radius 3 is 3.18 bits per heavy atom. The van der Waals surface area contributed by atoms with E-state index in [1.54, 1.807) is 19.2 Å². The lowest BCUT2D eigenvalue weighted by molar-refractivity contribution is 0.0936. The van der Waals surface area contributed by atoms with Gasteiger partial charge in [-0.15, -0.1) is 0 Å². The van der Waals surface area contributed by atoms with Crippen LogP contribution in [-0.2, 0) is 4.74 Å². The molecule has 0 aliphatic heterocycles. The van der Waals surface area contributed by atoms with Crippen molar-refractivity contribution < 1.29 is 9.53 Å². The van der Waals surface area contributed by atoms with Crippen LogP contribution in [0.15, 0.2) is 23.1 Å². The fourth-order valence-electron chi connectivity index (χ4n) is 1.41. The van der Waals surface area contributed by atoms with Gasteiger partial charge in [-0.1, -0.05) is 0 Å². The average Bonchev–Trinajstić information content (AvgIpc) is 2.71.